The van der Waals surface area contributed by atoms with Gasteiger partial charge in [-0.25, -0.2) is 0 Å². The van der Waals surface area contributed by atoms with E-state index >= 15 is 0 Å². The number of rotatable bonds is 7. The second-order valence-corrected chi connectivity index (χ2v) is 6.01. The van der Waals surface area contributed by atoms with E-state index in [1.54, 1.807) is 7.05 Å². The van der Waals surface area contributed by atoms with Gasteiger partial charge in [-0.2, -0.15) is 0 Å². The summed E-state index contributed by atoms with van der Waals surface area (Å²) in [4.78, 5) is 11.8. The van der Waals surface area contributed by atoms with Crippen molar-refractivity contribution in [1.82, 2.24) is 5.32 Å². The monoisotopic (exact) mass is 325 g/mol. The highest BCUT2D eigenvalue weighted by Crippen LogP contribution is 2.24. The number of ether oxygens (including phenoxy) is 1. The third-order valence-electron chi connectivity index (χ3n) is 4.35. The van der Waals surface area contributed by atoms with Crippen molar-refractivity contribution in [2.24, 2.45) is 0 Å². The number of carbonyl (C=O) groups excluding carboxylic acids is 1. The molecule has 2 aromatic carbocycles. The van der Waals surface area contributed by atoms with Crippen molar-refractivity contribution in [3.05, 3.63) is 64.2 Å². The summed E-state index contributed by atoms with van der Waals surface area (Å²) in [6, 6.07) is 12.4. The number of nitrogens with one attached hydrogen (secondary N) is 1. The van der Waals surface area contributed by atoms with Gasteiger partial charge >= 0.3 is 0 Å². The Kier molecular flexibility index (Phi) is 6.42. The van der Waals surface area contributed by atoms with Gasteiger partial charge in [0.15, 0.2) is 0 Å². The molecule has 0 aliphatic carbocycles. The Hall–Kier alpha value is -2.29. The SMILES string of the molecule is CCc1cc(C)ccc1OCc1c(CC)cccc1CC(=O)NC. The van der Waals surface area contributed by atoms with E-state index < -0.39 is 0 Å². The predicted molar refractivity (Wildman–Crippen MR) is 98.5 cm³/mol. The molecule has 2 aromatic rings. The minimum absolute atomic E-state index is 0.0223. The molecular formula is C21H27NO2. The summed E-state index contributed by atoms with van der Waals surface area (Å²) in [5.74, 6) is 0.953. The van der Waals surface area contributed by atoms with Gasteiger partial charge in [-0.1, -0.05) is 49.7 Å². The maximum Gasteiger partial charge on any atom is 0.224 e. The molecule has 0 aromatic heterocycles. The smallest absolute Gasteiger partial charge is 0.224 e. The first kappa shape index (κ1) is 18.1. The summed E-state index contributed by atoms with van der Waals surface area (Å²) < 4.78 is 6.14. The summed E-state index contributed by atoms with van der Waals surface area (Å²) in [5.41, 5.74) is 5.87. The number of hydrogen-bond acceptors (Lipinski definition) is 2. The number of benzene rings is 2. The highest BCUT2D eigenvalue weighted by atomic mass is 16.5. The second-order valence-electron chi connectivity index (χ2n) is 6.01. The topological polar surface area (TPSA) is 38.3 Å². The molecule has 3 nitrogen and oxygen atoms in total. The van der Waals surface area contributed by atoms with Crippen LogP contribution in [-0.4, -0.2) is 13.0 Å². The van der Waals surface area contributed by atoms with Gasteiger partial charge in [0, 0.05) is 7.05 Å². The largest absolute Gasteiger partial charge is 0.489 e. The van der Waals surface area contributed by atoms with E-state index in [0.717, 1.165) is 29.7 Å². The van der Waals surface area contributed by atoms with Crippen LogP contribution >= 0.6 is 0 Å². The molecule has 0 aliphatic heterocycles. The number of carbonyl (C=O) groups is 1. The lowest BCUT2D eigenvalue weighted by Crippen LogP contribution is -2.21. The fourth-order valence-corrected chi connectivity index (χ4v) is 2.91. The highest BCUT2D eigenvalue weighted by Gasteiger charge is 2.12. The Balaban J connectivity index is 2.26. The Morgan fingerprint density at radius 3 is 2.42 bits per heavy atom. The van der Waals surface area contributed by atoms with Crippen LogP contribution in [0.4, 0.5) is 0 Å². The van der Waals surface area contributed by atoms with Gasteiger partial charge in [0.2, 0.25) is 5.91 Å². The molecular weight excluding hydrogens is 298 g/mol. The molecule has 0 heterocycles. The predicted octanol–water partition coefficient (Wildman–Crippen LogP) is 3.99. The Morgan fingerprint density at radius 2 is 1.75 bits per heavy atom. The fourth-order valence-electron chi connectivity index (χ4n) is 2.91. The summed E-state index contributed by atoms with van der Waals surface area (Å²) in [6.45, 7) is 6.85. The third kappa shape index (κ3) is 4.38. The zero-order valence-corrected chi connectivity index (χ0v) is 15.1. The van der Waals surface area contributed by atoms with Crippen molar-refractivity contribution in [3.8, 4) is 5.75 Å². The molecule has 0 unspecified atom stereocenters. The molecule has 0 saturated heterocycles. The van der Waals surface area contributed by atoms with Gasteiger partial charge in [0.25, 0.3) is 0 Å². The Labute approximate surface area is 145 Å². The molecule has 0 atom stereocenters. The standard InChI is InChI=1S/C21H27NO2/c1-5-16-8-7-9-18(13-21(23)22-4)19(16)14-24-20-11-10-15(3)12-17(20)6-2/h7-12H,5-6,13-14H2,1-4H3,(H,22,23). The molecule has 0 aliphatic rings. The van der Waals surface area contributed by atoms with Crippen LogP contribution in [0.5, 0.6) is 5.75 Å². The van der Waals surface area contributed by atoms with E-state index in [-0.39, 0.29) is 5.91 Å². The molecule has 128 valence electrons. The van der Waals surface area contributed by atoms with E-state index in [4.69, 9.17) is 4.74 Å². The quantitative estimate of drug-likeness (QED) is 0.836. The molecule has 0 spiro atoms. The highest BCUT2D eigenvalue weighted by molar-refractivity contribution is 5.78. The molecule has 0 saturated carbocycles. The van der Waals surface area contributed by atoms with Crippen molar-refractivity contribution in [2.75, 3.05) is 7.05 Å². The minimum atomic E-state index is 0.0223. The van der Waals surface area contributed by atoms with E-state index in [2.05, 4.69) is 44.3 Å². The molecule has 0 fully saturated rings. The zero-order valence-electron chi connectivity index (χ0n) is 15.1. The normalized spacial score (nSPS) is 10.5. The lowest BCUT2D eigenvalue weighted by atomic mass is 9.97. The number of hydrogen-bond donors (Lipinski definition) is 1. The van der Waals surface area contributed by atoms with Crippen molar-refractivity contribution in [1.29, 1.82) is 0 Å². The summed E-state index contributed by atoms with van der Waals surface area (Å²) >= 11 is 0. The summed E-state index contributed by atoms with van der Waals surface area (Å²) in [6.07, 6.45) is 2.25. The maximum absolute atomic E-state index is 11.8. The van der Waals surface area contributed by atoms with Gasteiger partial charge in [0.05, 0.1) is 6.42 Å². The van der Waals surface area contributed by atoms with Crippen LogP contribution in [-0.2, 0) is 30.7 Å². The first-order chi connectivity index (χ1) is 11.6. The van der Waals surface area contributed by atoms with Gasteiger partial charge in [-0.3, -0.25) is 4.79 Å². The van der Waals surface area contributed by atoms with Crippen molar-refractivity contribution in [3.63, 3.8) is 0 Å². The molecule has 3 heteroatoms. The minimum Gasteiger partial charge on any atom is -0.489 e. The van der Waals surface area contributed by atoms with Gasteiger partial charge in [-0.05, 0) is 48.1 Å². The van der Waals surface area contributed by atoms with Gasteiger partial charge in [0.1, 0.15) is 12.4 Å². The lowest BCUT2D eigenvalue weighted by molar-refractivity contribution is -0.119. The average Bonchev–Trinajstić information content (AvgIpc) is 2.60. The fraction of sp³-hybridized carbons (Fsp3) is 0.381. The first-order valence-electron chi connectivity index (χ1n) is 8.61. The second kappa shape index (κ2) is 8.53. The van der Waals surface area contributed by atoms with E-state index in [9.17, 15) is 4.79 Å². The Bertz CT molecular complexity index is 707. The molecule has 0 bridgehead atoms. The summed E-state index contributed by atoms with van der Waals surface area (Å²) in [5, 5.41) is 2.70. The lowest BCUT2D eigenvalue weighted by Gasteiger charge is -2.16. The van der Waals surface area contributed by atoms with E-state index in [1.807, 2.05) is 18.2 Å². The van der Waals surface area contributed by atoms with Crippen molar-refractivity contribution >= 4 is 5.91 Å². The molecule has 2 rings (SSSR count). The van der Waals surface area contributed by atoms with Crippen LogP contribution in [0.15, 0.2) is 36.4 Å². The average molecular weight is 325 g/mol. The van der Waals surface area contributed by atoms with Crippen molar-refractivity contribution in [2.45, 2.75) is 46.6 Å². The molecule has 1 N–H and O–H groups in total. The first-order valence-corrected chi connectivity index (χ1v) is 8.61. The number of aryl methyl sites for hydroxylation is 3. The third-order valence-corrected chi connectivity index (χ3v) is 4.35. The summed E-state index contributed by atoms with van der Waals surface area (Å²) in [7, 11) is 1.67. The van der Waals surface area contributed by atoms with Crippen LogP contribution in [0, 0.1) is 6.92 Å². The maximum atomic E-state index is 11.8. The zero-order chi connectivity index (χ0) is 17.5. The van der Waals surface area contributed by atoms with Crippen LogP contribution in [0.1, 0.15) is 41.7 Å². The number of amides is 1. The van der Waals surface area contributed by atoms with Gasteiger partial charge in [-0.15, -0.1) is 0 Å². The van der Waals surface area contributed by atoms with E-state index in [0.29, 0.717) is 13.0 Å². The molecule has 1 amide bonds. The molecule has 0 radical (unpaired) electrons. The van der Waals surface area contributed by atoms with Crippen LogP contribution in [0.2, 0.25) is 0 Å². The number of likely N-dealkylation sites (N-methyl/N-ethyl adjacent to an activating group) is 1. The van der Waals surface area contributed by atoms with E-state index in [1.165, 1.54) is 16.7 Å². The van der Waals surface area contributed by atoms with Crippen LogP contribution in [0.25, 0.3) is 0 Å². The van der Waals surface area contributed by atoms with Crippen LogP contribution in [0.3, 0.4) is 0 Å². The van der Waals surface area contributed by atoms with Crippen molar-refractivity contribution < 1.29 is 9.53 Å². The van der Waals surface area contributed by atoms with Crippen LogP contribution < -0.4 is 10.1 Å². The van der Waals surface area contributed by atoms with Gasteiger partial charge < -0.3 is 10.1 Å². The Morgan fingerprint density at radius 1 is 1.04 bits per heavy atom. The molecule has 24 heavy (non-hydrogen) atoms.